The van der Waals surface area contributed by atoms with Gasteiger partial charge < -0.3 is 31.9 Å². The lowest BCUT2D eigenvalue weighted by molar-refractivity contribution is -0.143. The quantitative estimate of drug-likeness (QED) is 0.205. The summed E-state index contributed by atoms with van der Waals surface area (Å²) in [4.78, 5) is 51.1. The summed E-state index contributed by atoms with van der Waals surface area (Å²) in [5.74, 6) is -3.16. The van der Waals surface area contributed by atoms with Crippen molar-refractivity contribution in [1.29, 1.82) is 0 Å². The van der Waals surface area contributed by atoms with Gasteiger partial charge in [-0.15, -0.1) is 0 Å². The van der Waals surface area contributed by atoms with Crippen LogP contribution in [0.1, 0.15) is 66.4 Å². The monoisotopic (exact) mass is 520 g/mol. The highest BCUT2D eigenvalue weighted by Crippen LogP contribution is 2.15. The van der Waals surface area contributed by atoms with Crippen LogP contribution in [0.5, 0.6) is 5.75 Å². The highest BCUT2D eigenvalue weighted by molar-refractivity contribution is 5.94. The first-order chi connectivity index (χ1) is 17.3. The molecule has 6 unspecified atom stereocenters. The molecule has 7 N–H and O–H groups in total. The lowest BCUT2D eigenvalue weighted by Gasteiger charge is -2.29. The first-order valence-electron chi connectivity index (χ1n) is 13.0. The number of amides is 3. The summed E-state index contributed by atoms with van der Waals surface area (Å²) in [7, 11) is 0. The van der Waals surface area contributed by atoms with E-state index in [0.717, 1.165) is 0 Å². The highest BCUT2D eigenvalue weighted by Gasteiger charge is 2.33. The molecular formula is C27H44N4O6. The van der Waals surface area contributed by atoms with Gasteiger partial charge in [-0.05, 0) is 41.9 Å². The van der Waals surface area contributed by atoms with E-state index in [2.05, 4.69) is 16.0 Å². The van der Waals surface area contributed by atoms with Crippen LogP contribution in [0.25, 0.3) is 0 Å². The van der Waals surface area contributed by atoms with Gasteiger partial charge in [0.05, 0.1) is 6.04 Å². The fourth-order valence-electron chi connectivity index (χ4n) is 3.85. The Morgan fingerprint density at radius 3 is 1.81 bits per heavy atom. The third-order valence-corrected chi connectivity index (χ3v) is 6.64. The van der Waals surface area contributed by atoms with Gasteiger partial charge in [-0.3, -0.25) is 14.4 Å². The van der Waals surface area contributed by atoms with Crippen molar-refractivity contribution < 1.29 is 29.4 Å². The number of aliphatic carboxylic acids is 1. The Labute approximate surface area is 219 Å². The smallest absolute Gasteiger partial charge is 0.326 e. The van der Waals surface area contributed by atoms with E-state index >= 15 is 0 Å². The standard InChI is InChI=1S/C27H44N4O6/c1-7-16(5)22(30-24(33)20(28)13-15(3)4)26(35)29-21(14-18-9-11-19(32)12-10-18)25(34)31-23(27(36)37)17(6)8-2/h9-12,15-17,20-23,32H,7-8,13-14,28H2,1-6H3,(H,29,35)(H,30,33)(H,31,34)(H,36,37). The van der Waals surface area contributed by atoms with Gasteiger partial charge in [0.15, 0.2) is 0 Å². The zero-order chi connectivity index (χ0) is 28.3. The van der Waals surface area contributed by atoms with Crippen molar-refractivity contribution in [2.75, 3.05) is 0 Å². The summed E-state index contributed by atoms with van der Waals surface area (Å²) in [5.41, 5.74) is 6.66. The molecular weight excluding hydrogens is 476 g/mol. The lowest BCUT2D eigenvalue weighted by atomic mass is 9.95. The average Bonchev–Trinajstić information content (AvgIpc) is 2.84. The third kappa shape index (κ3) is 10.4. The number of carboxylic acid groups (broad SMARTS) is 1. The number of hydrogen-bond acceptors (Lipinski definition) is 6. The topological polar surface area (TPSA) is 171 Å². The van der Waals surface area contributed by atoms with Crippen LogP contribution in [-0.2, 0) is 25.6 Å². The van der Waals surface area contributed by atoms with Crippen molar-refractivity contribution >= 4 is 23.7 Å². The number of carbonyl (C=O) groups is 4. The number of carbonyl (C=O) groups excluding carboxylic acids is 3. The van der Waals surface area contributed by atoms with Crippen molar-refractivity contribution in [1.82, 2.24) is 16.0 Å². The van der Waals surface area contributed by atoms with Crippen LogP contribution in [0.2, 0.25) is 0 Å². The summed E-state index contributed by atoms with van der Waals surface area (Å²) in [6.45, 7) is 11.1. The van der Waals surface area contributed by atoms with E-state index in [9.17, 15) is 29.4 Å². The number of nitrogens with two attached hydrogens (primary N) is 1. The molecule has 208 valence electrons. The van der Waals surface area contributed by atoms with E-state index in [0.29, 0.717) is 24.8 Å². The first-order valence-corrected chi connectivity index (χ1v) is 13.0. The van der Waals surface area contributed by atoms with Crippen molar-refractivity contribution in [2.24, 2.45) is 23.5 Å². The summed E-state index contributed by atoms with van der Waals surface area (Å²) < 4.78 is 0. The van der Waals surface area contributed by atoms with E-state index < -0.39 is 47.9 Å². The number of phenolic OH excluding ortho intramolecular Hbond substituents is 1. The average molecular weight is 521 g/mol. The summed E-state index contributed by atoms with van der Waals surface area (Å²) in [5, 5.41) is 27.2. The molecule has 0 saturated carbocycles. The predicted molar refractivity (Wildman–Crippen MR) is 142 cm³/mol. The number of phenols is 1. The van der Waals surface area contributed by atoms with Crippen molar-refractivity contribution in [2.45, 2.75) is 91.4 Å². The van der Waals surface area contributed by atoms with Crippen molar-refractivity contribution in [3.05, 3.63) is 29.8 Å². The molecule has 0 aliphatic rings. The van der Waals surface area contributed by atoms with Gasteiger partial charge in [-0.2, -0.15) is 0 Å². The molecule has 1 aromatic rings. The second kappa shape index (κ2) is 15.2. The number of carboxylic acids is 1. The largest absolute Gasteiger partial charge is 0.508 e. The zero-order valence-electron chi connectivity index (χ0n) is 22.8. The van der Waals surface area contributed by atoms with Crippen molar-refractivity contribution in [3.8, 4) is 5.75 Å². The molecule has 0 fully saturated rings. The Kier molecular flexibility index (Phi) is 13.1. The first kappa shape index (κ1) is 31.9. The van der Waals surface area contributed by atoms with Gasteiger partial charge in [-0.1, -0.05) is 66.5 Å². The van der Waals surface area contributed by atoms with Gasteiger partial charge in [0.1, 0.15) is 23.9 Å². The number of hydrogen-bond donors (Lipinski definition) is 6. The molecule has 0 bridgehead atoms. The van der Waals surface area contributed by atoms with Gasteiger partial charge in [0.2, 0.25) is 17.7 Å². The molecule has 0 aliphatic carbocycles. The van der Waals surface area contributed by atoms with E-state index in [-0.39, 0.29) is 29.9 Å². The number of rotatable bonds is 15. The molecule has 0 spiro atoms. The molecule has 37 heavy (non-hydrogen) atoms. The Bertz CT molecular complexity index is 905. The van der Waals surface area contributed by atoms with Gasteiger partial charge in [0, 0.05) is 6.42 Å². The minimum absolute atomic E-state index is 0.0498. The molecule has 0 saturated heterocycles. The van der Waals surface area contributed by atoms with E-state index in [1.807, 2.05) is 34.6 Å². The zero-order valence-corrected chi connectivity index (χ0v) is 22.8. The Hall–Kier alpha value is -3.14. The van der Waals surface area contributed by atoms with Gasteiger partial charge >= 0.3 is 5.97 Å². The molecule has 3 amide bonds. The maximum absolute atomic E-state index is 13.4. The van der Waals surface area contributed by atoms with Gasteiger partial charge in [0.25, 0.3) is 0 Å². The summed E-state index contributed by atoms with van der Waals surface area (Å²) in [6.07, 6.45) is 1.63. The second-order valence-corrected chi connectivity index (χ2v) is 10.2. The van der Waals surface area contributed by atoms with Crippen LogP contribution in [0.15, 0.2) is 24.3 Å². The fourth-order valence-corrected chi connectivity index (χ4v) is 3.85. The van der Waals surface area contributed by atoms with Crippen LogP contribution >= 0.6 is 0 Å². The van der Waals surface area contributed by atoms with E-state index in [4.69, 9.17) is 5.73 Å². The minimum atomic E-state index is -1.17. The molecule has 0 aliphatic heterocycles. The maximum atomic E-state index is 13.4. The van der Waals surface area contributed by atoms with Gasteiger partial charge in [-0.25, -0.2) is 4.79 Å². The summed E-state index contributed by atoms with van der Waals surface area (Å²) >= 11 is 0. The fraction of sp³-hybridized carbons (Fsp3) is 0.630. The maximum Gasteiger partial charge on any atom is 0.326 e. The van der Waals surface area contributed by atoms with Crippen LogP contribution < -0.4 is 21.7 Å². The van der Waals surface area contributed by atoms with Crippen molar-refractivity contribution in [3.63, 3.8) is 0 Å². The normalized spacial score (nSPS) is 16.1. The molecule has 1 aromatic carbocycles. The number of aromatic hydroxyl groups is 1. The third-order valence-electron chi connectivity index (χ3n) is 6.64. The highest BCUT2D eigenvalue weighted by atomic mass is 16.4. The molecule has 1 rings (SSSR count). The SMILES string of the molecule is CCC(C)C(NC(=O)C(Cc1ccc(O)cc1)NC(=O)C(NC(=O)C(N)CC(C)C)C(C)CC)C(=O)O. The molecule has 0 heterocycles. The van der Waals surface area contributed by atoms with Crippen LogP contribution in [0.4, 0.5) is 0 Å². The predicted octanol–water partition coefficient (Wildman–Crippen LogP) is 1.94. The lowest BCUT2D eigenvalue weighted by Crippen LogP contribution is -2.59. The Morgan fingerprint density at radius 2 is 1.32 bits per heavy atom. The number of nitrogens with one attached hydrogen (secondary N) is 3. The van der Waals surface area contributed by atoms with E-state index in [1.165, 1.54) is 12.1 Å². The molecule has 10 heteroatoms. The summed E-state index contributed by atoms with van der Waals surface area (Å²) in [6, 6.07) is 2.20. The Balaban J connectivity index is 3.20. The van der Waals surface area contributed by atoms with Crippen LogP contribution in [0.3, 0.4) is 0 Å². The molecule has 0 aromatic heterocycles. The Morgan fingerprint density at radius 1 is 0.811 bits per heavy atom. The van der Waals surface area contributed by atoms with Crippen LogP contribution in [0, 0.1) is 17.8 Å². The van der Waals surface area contributed by atoms with Crippen LogP contribution in [-0.4, -0.2) is 58.1 Å². The molecule has 0 radical (unpaired) electrons. The second-order valence-electron chi connectivity index (χ2n) is 10.2. The minimum Gasteiger partial charge on any atom is -0.508 e. The number of benzene rings is 1. The molecule has 10 nitrogen and oxygen atoms in total. The van der Waals surface area contributed by atoms with E-state index in [1.54, 1.807) is 19.1 Å². The molecule has 6 atom stereocenters.